The van der Waals surface area contributed by atoms with Gasteiger partial charge in [0, 0.05) is 7.05 Å². The Balaban J connectivity index is 1.70. The first-order valence-electron chi connectivity index (χ1n) is 10.4. The van der Waals surface area contributed by atoms with E-state index in [1.807, 2.05) is 67.6 Å². The van der Waals surface area contributed by atoms with Gasteiger partial charge in [-0.1, -0.05) is 66.7 Å². The minimum Gasteiger partial charge on any atom is -0.387 e. The molecule has 1 atom stereocenters. The van der Waals surface area contributed by atoms with Crippen molar-refractivity contribution >= 4 is 28.9 Å². The number of rotatable bonds is 7. The molecule has 4 aromatic rings. The van der Waals surface area contributed by atoms with Crippen LogP contribution < -0.4 is 16.7 Å². The minimum absolute atomic E-state index is 0.0402. The van der Waals surface area contributed by atoms with Gasteiger partial charge in [0.15, 0.2) is 11.2 Å². The van der Waals surface area contributed by atoms with Crippen molar-refractivity contribution in [2.75, 3.05) is 5.43 Å². The molecule has 0 aliphatic carbocycles. The Morgan fingerprint density at radius 2 is 1.82 bits per heavy atom. The summed E-state index contributed by atoms with van der Waals surface area (Å²) in [6.07, 6.45) is 2.87. The zero-order chi connectivity index (χ0) is 23.4. The van der Waals surface area contributed by atoms with Crippen molar-refractivity contribution in [3.63, 3.8) is 0 Å². The Morgan fingerprint density at radius 1 is 1.15 bits per heavy atom. The number of H-pyrrole nitrogens is 1. The van der Waals surface area contributed by atoms with Crippen molar-refractivity contribution in [2.45, 2.75) is 19.6 Å². The summed E-state index contributed by atoms with van der Waals surface area (Å²) in [4.78, 5) is 31.4. The lowest BCUT2D eigenvalue weighted by Gasteiger charge is -2.14. The number of hydrogen-bond acceptors (Lipinski definition) is 6. The zero-order valence-corrected chi connectivity index (χ0v) is 18.3. The third-order valence-electron chi connectivity index (χ3n) is 5.20. The second kappa shape index (κ2) is 9.49. The van der Waals surface area contributed by atoms with Gasteiger partial charge in [0.05, 0.1) is 18.4 Å². The molecule has 4 rings (SSSR count). The van der Waals surface area contributed by atoms with Crippen molar-refractivity contribution in [3.05, 3.63) is 98.7 Å². The highest BCUT2D eigenvalue weighted by atomic mass is 16.3. The van der Waals surface area contributed by atoms with E-state index in [4.69, 9.17) is 0 Å². The number of aromatic amines is 1. The molecule has 168 valence electrons. The lowest BCUT2D eigenvalue weighted by Crippen LogP contribution is -2.29. The molecule has 1 unspecified atom stereocenters. The normalized spacial score (nSPS) is 13.0. The molecule has 2 heterocycles. The molecule has 9 nitrogen and oxygen atoms in total. The fraction of sp³-hybridized carbons (Fsp3) is 0.167. The van der Waals surface area contributed by atoms with Crippen LogP contribution in [0.5, 0.6) is 0 Å². The number of nitrogens with zero attached hydrogens (tertiary/aromatic N) is 4. The van der Waals surface area contributed by atoms with Crippen LogP contribution in [0.1, 0.15) is 24.2 Å². The number of anilines is 1. The van der Waals surface area contributed by atoms with E-state index in [2.05, 4.69) is 20.5 Å². The van der Waals surface area contributed by atoms with Crippen LogP contribution in [0, 0.1) is 0 Å². The predicted octanol–water partition coefficient (Wildman–Crippen LogP) is 2.66. The molecule has 3 N–H and O–H groups in total. The number of aryl methyl sites for hydroxylation is 1. The molecule has 33 heavy (non-hydrogen) atoms. The van der Waals surface area contributed by atoms with E-state index in [0.717, 1.165) is 5.56 Å². The predicted molar refractivity (Wildman–Crippen MR) is 129 cm³/mol. The number of aromatic nitrogens is 4. The smallest absolute Gasteiger partial charge is 0.329 e. The van der Waals surface area contributed by atoms with Crippen molar-refractivity contribution < 1.29 is 5.11 Å². The maximum absolute atomic E-state index is 12.6. The number of benzene rings is 2. The van der Waals surface area contributed by atoms with Gasteiger partial charge in [0.1, 0.15) is 0 Å². The molecule has 2 aromatic carbocycles. The third-order valence-corrected chi connectivity index (χ3v) is 5.20. The van der Waals surface area contributed by atoms with Crippen LogP contribution in [0.25, 0.3) is 17.2 Å². The molecule has 0 saturated carbocycles. The molecule has 0 saturated heterocycles. The van der Waals surface area contributed by atoms with Gasteiger partial charge in [-0.05, 0) is 24.1 Å². The van der Waals surface area contributed by atoms with Crippen molar-refractivity contribution in [1.82, 2.24) is 19.1 Å². The van der Waals surface area contributed by atoms with E-state index in [0.29, 0.717) is 11.3 Å². The number of aliphatic hydroxyl groups excluding tert-OH is 1. The van der Waals surface area contributed by atoms with Gasteiger partial charge in [0.2, 0.25) is 5.95 Å². The highest BCUT2D eigenvalue weighted by Crippen LogP contribution is 2.21. The molecule has 0 radical (unpaired) electrons. The second-order valence-corrected chi connectivity index (χ2v) is 7.57. The van der Waals surface area contributed by atoms with Crippen LogP contribution in [-0.4, -0.2) is 29.9 Å². The number of fused-ring (bicyclic) bond motifs is 1. The second-order valence-electron chi connectivity index (χ2n) is 7.57. The van der Waals surface area contributed by atoms with Crippen molar-refractivity contribution in [2.24, 2.45) is 12.1 Å². The van der Waals surface area contributed by atoms with Gasteiger partial charge in [0.25, 0.3) is 5.56 Å². The van der Waals surface area contributed by atoms with E-state index in [1.165, 1.54) is 16.2 Å². The Labute approximate surface area is 189 Å². The number of nitrogens with one attached hydrogen (secondary N) is 2. The van der Waals surface area contributed by atoms with E-state index in [1.54, 1.807) is 12.1 Å². The highest BCUT2D eigenvalue weighted by Gasteiger charge is 2.20. The summed E-state index contributed by atoms with van der Waals surface area (Å²) in [6.45, 7) is 1.86. The maximum atomic E-state index is 12.6. The fourth-order valence-electron chi connectivity index (χ4n) is 3.41. The Bertz CT molecular complexity index is 1430. The largest absolute Gasteiger partial charge is 0.387 e. The quantitative estimate of drug-likeness (QED) is 0.299. The molecule has 0 fully saturated rings. The minimum atomic E-state index is -0.899. The van der Waals surface area contributed by atoms with Crippen molar-refractivity contribution in [1.29, 1.82) is 0 Å². The summed E-state index contributed by atoms with van der Waals surface area (Å²) < 4.78 is 2.78. The van der Waals surface area contributed by atoms with Gasteiger partial charge in [-0.2, -0.15) is 10.1 Å². The van der Waals surface area contributed by atoms with E-state index in [-0.39, 0.29) is 23.7 Å². The molecule has 0 aliphatic rings. The zero-order valence-electron chi connectivity index (χ0n) is 18.3. The first kappa shape index (κ1) is 22.0. The number of imidazole rings is 1. The van der Waals surface area contributed by atoms with Crippen LogP contribution in [0.4, 0.5) is 5.95 Å². The van der Waals surface area contributed by atoms with E-state index < -0.39 is 17.4 Å². The summed E-state index contributed by atoms with van der Waals surface area (Å²) in [5.74, 6) is 0.235. The lowest BCUT2D eigenvalue weighted by atomic mass is 10.1. The highest BCUT2D eigenvalue weighted by molar-refractivity contribution is 5.96. The Kier molecular flexibility index (Phi) is 6.32. The van der Waals surface area contributed by atoms with Crippen LogP contribution in [0.3, 0.4) is 0 Å². The summed E-state index contributed by atoms with van der Waals surface area (Å²) in [5, 5.41) is 15.1. The van der Waals surface area contributed by atoms with Gasteiger partial charge < -0.3 is 5.11 Å². The Hall–Kier alpha value is -4.24. The van der Waals surface area contributed by atoms with Gasteiger partial charge >= 0.3 is 5.69 Å². The molecule has 2 aromatic heterocycles. The lowest BCUT2D eigenvalue weighted by molar-refractivity contribution is 0.158. The van der Waals surface area contributed by atoms with Crippen LogP contribution >= 0.6 is 0 Å². The van der Waals surface area contributed by atoms with Crippen LogP contribution in [0.2, 0.25) is 0 Å². The number of aliphatic hydroxyl groups is 1. The first-order valence-corrected chi connectivity index (χ1v) is 10.4. The monoisotopic (exact) mass is 444 g/mol. The molecule has 0 bridgehead atoms. The number of hydrazone groups is 1. The van der Waals surface area contributed by atoms with Gasteiger partial charge in [-0.3, -0.25) is 18.9 Å². The molecule has 0 spiro atoms. The maximum Gasteiger partial charge on any atom is 0.329 e. The van der Waals surface area contributed by atoms with Crippen LogP contribution in [-0.2, 0) is 13.6 Å². The summed E-state index contributed by atoms with van der Waals surface area (Å²) >= 11 is 0. The number of hydrogen-bond donors (Lipinski definition) is 3. The summed E-state index contributed by atoms with van der Waals surface area (Å²) in [5.41, 5.74) is 4.48. The number of allylic oxidation sites excluding steroid dienone is 1. The van der Waals surface area contributed by atoms with Crippen molar-refractivity contribution in [3.8, 4) is 0 Å². The summed E-state index contributed by atoms with van der Waals surface area (Å²) in [6, 6.07) is 18.9. The third kappa shape index (κ3) is 4.83. The summed E-state index contributed by atoms with van der Waals surface area (Å²) in [7, 11) is 1.52. The molecule has 0 aliphatic heterocycles. The SMILES string of the molecule is CC(/C=C/c1ccccc1)=N\Nc1nc2c(c(=O)[nH]c(=O)n2C)n1CC(O)c1ccccc1. The molecular weight excluding hydrogens is 420 g/mol. The molecular formula is C24H24N6O3. The van der Waals surface area contributed by atoms with E-state index in [9.17, 15) is 14.7 Å². The van der Waals surface area contributed by atoms with Gasteiger partial charge in [-0.25, -0.2) is 10.2 Å². The molecule has 0 amide bonds. The standard InChI is InChI=1S/C24H24N6O3/c1-16(13-14-17-9-5-3-6-10-17)27-28-23-25-21-20(22(32)26-24(33)29(21)2)30(23)15-19(31)18-11-7-4-8-12-18/h3-14,19,31H,15H2,1-2H3,(H,25,28)(H,26,32,33)/b14-13+,27-16+. The van der Waals surface area contributed by atoms with Gasteiger partial charge in [-0.15, -0.1) is 0 Å². The molecule has 9 heteroatoms. The first-order chi connectivity index (χ1) is 15.9. The Morgan fingerprint density at radius 3 is 2.52 bits per heavy atom. The average Bonchev–Trinajstić information content (AvgIpc) is 3.20. The fourth-order valence-corrected chi connectivity index (χ4v) is 3.41. The van der Waals surface area contributed by atoms with Crippen LogP contribution in [0.15, 0.2) is 81.4 Å². The topological polar surface area (TPSA) is 117 Å². The average molecular weight is 444 g/mol. The van der Waals surface area contributed by atoms with E-state index >= 15 is 0 Å².